The first-order chi connectivity index (χ1) is 22.7. The van der Waals surface area contributed by atoms with Crippen LogP contribution in [0.15, 0.2) is 60.8 Å². The highest BCUT2D eigenvalue weighted by atomic mass is 16.2. The molecule has 6 rings (SSSR count). The monoisotopic (exact) mass is 636 g/mol. The Morgan fingerprint density at radius 1 is 1.00 bits per heavy atom. The molecule has 0 radical (unpaired) electrons. The minimum Gasteiger partial charge on any atom is -0.343 e. The lowest BCUT2D eigenvalue weighted by molar-refractivity contribution is -0.150. The molecule has 10 nitrogen and oxygen atoms in total. The van der Waals surface area contributed by atoms with Crippen LogP contribution in [-0.2, 0) is 50.5 Å². The Hall–Kier alpha value is -4.57. The van der Waals surface area contributed by atoms with Crippen LogP contribution < -0.4 is 16.0 Å². The first kappa shape index (κ1) is 32.4. The number of hydrogen-bond acceptors (Lipinski definition) is 6. The van der Waals surface area contributed by atoms with Crippen molar-refractivity contribution in [1.82, 2.24) is 20.1 Å². The third-order valence-corrected chi connectivity index (χ3v) is 10.3. The molecule has 0 saturated carbocycles. The van der Waals surface area contributed by atoms with Crippen molar-refractivity contribution in [3.63, 3.8) is 0 Å². The number of nitrogens with one attached hydrogen (secondary N) is 3. The van der Waals surface area contributed by atoms with E-state index >= 15 is 0 Å². The summed E-state index contributed by atoms with van der Waals surface area (Å²) in [4.78, 5) is 61.4. The number of rotatable bonds is 10. The number of aromatic nitrogens is 1. The molecule has 3 N–H and O–H groups in total. The standard InChI is InChI=1S/C37H44N6O4/c1-4-13-36(14-17-42(18-15-36)25(2)44)35(47)43(23-28-9-6-5-8-27(28)22-38-3)24-32(45)40-30-12-11-26-20-37(21-29(26)19-30)31-10-7-16-39-33(31)41-34(37)46/h5-12,16,19,38H,4,13-15,17-18,20-24H2,1-3H3,(H,40,45)(H,39,41,46)/t37-/m1/s1. The van der Waals surface area contributed by atoms with Crippen LogP contribution in [0.1, 0.15) is 67.3 Å². The Kier molecular flexibility index (Phi) is 9.14. The first-order valence-electron chi connectivity index (χ1n) is 16.6. The molecule has 1 aliphatic carbocycles. The zero-order valence-electron chi connectivity index (χ0n) is 27.5. The zero-order chi connectivity index (χ0) is 33.2. The second kappa shape index (κ2) is 13.3. The molecule has 1 aromatic heterocycles. The fourth-order valence-electron chi connectivity index (χ4n) is 7.83. The lowest BCUT2D eigenvalue weighted by Gasteiger charge is -2.43. The molecule has 3 aliphatic rings. The molecule has 0 unspecified atom stereocenters. The van der Waals surface area contributed by atoms with Crippen molar-refractivity contribution in [2.45, 2.75) is 70.9 Å². The van der Waals surface area contributed by atoms with Gasteiger partial charge in [0.2, 0.25) is 23.6 Å². The number of likely N-dealkylation sites (tertiary alicyclic amines) is 1. The molecule has 246 valence electrons. The number of anilines is 2. The van der Waals surface area contributed by atoms with Gasteiger partial charge >= 0.3 is 0 Å². The van der Waals surface area contributed by atoms with E-state index in [-0.39, 0.29) is 30.2 Å². The Morgan fingerprint density at radius 2 is 1.74 bits per heavy atom. The predicted molar refractivity (Wildman–Crippen MR) is 180 cm³/mol. The number of nitrogens with zero attached hydrogens (tertiary/aromatic N) is 3. The van der Waals surface area contributed by atoms with E-state index in [1.54, 1.807) is 18.0 Å². The molecular formula is C37H44N6O4. The number of amides is 4. The van der Waals surface area contributed by atoms with Crippen LogP contribution in [0.5, 0.6) is 0 Å². The number of benzene rings is 2. The molecule has 2 aliphatic heterocycles. The van der Waals surface area contributed by atoms with Gasteiger partial charge in [0.1, 0.15) is 12.4 Å². The predicted octanol–water partition coefficient (Wildman–Crippen LogP) is 4.19. The maximum atomic E-state index is 14.6. The lowest BCUT2D eigenvalue weighted by atomic mass is 9.73. The van der Waals surface area contributed by atoms with Gasteiger partial charge in [-0.15, -0.1) is 0 Å². The van der Waals surface area contributed by atoms with Crippen molar-refractivity contribution >= 4 is 35.1 Å². The fourth-order valence-corrected chi connectivity index (χ4v) is 7.83. The zero-order valence-corrected chi connectivity index (χ0v) is 27.5. The number of carbonyl (C=O) groups excluding carboxylic acids is 4. The van der Waals surface area contributed by atoms with Crippen LogP contribution in [0.25, 0.3) is 0 Å². The highest BCUT2D eigenvalue weighted by molar-refractivity contribution is 6.06. The van der Waals surface area contributed by atoms with Crippen molar-refractivity contribution < 1.29 is 19.2 Å². The summed E-state index contributed by atoms with van der Waals surface area (Å²) in [5, 5.41) is 9.20. The third kappa shape index (κ3) is 6.26. The van der Waals surface area contributed by atoms with E-state index in [0.29, 0.717) is 69.8 Å². The van der Waals surface area contributed by atoms with Crippen molar-refractivity contribution in [2.24, 2.45) is 5.41 Å². The van der Waals surface area contributed by atoms with Crippen molar-refractivity contribution in [2.75, 3.05) is 37.3 Å². The van der Waals surface area contributed by atoms with E-state index < -0.39 is 10.8 Å². The van der Waals surface area contributed by atoms with Gasteiger partial charge in [0.15, 0.2) is 0 Å². The number of hydrogen-bond donors (Lipinski definition) is 3. The normalized spacial score (nSPS) is 19.2. The SMILES string of the molecule is CCCC1(C(=O)N(CC(=O)Nc2ccc3c(c2)C[C@@]2(C3)C(=O)Nc3ncccc32)Cc2ccccc2CNC)CCN(C(C)=O)CC1. The van der Waals surface area contributed by atoms with Crippen molar-refractivity contribution in [3.05, 3.63) is 88.6 Å². The van der Waals surface area contributed by atoms with Crippen LogP contribution >= 0.6 is 0 Å². The maximum absolute atomic E-state index is 14.6. The third-order valence-electron chi connectivity index (χ3n) is 10.3. The van der Waals surface area contributed by atoms with E-state index in [1.807, 2.05) is 66.5 Å². The summed E-state index contributed by atoms with van der Waals surface area (Å²) in [6.07, 6.45) is 5.48. The Balaban J connectivity index is 1.23. The van der Waals surface area contributed by atoms with Crippen LogP contribution in [0.3, 0.4) is 0 Å². The van der Waals surface area contributed by atoms with E-state index in [1.165, 1.54) is 0 Å². The molecule has 1 saturated heterocycles. The average molecular weight is 637 g/mol. The van der Waals surface area contributed by atoms with Gasteiger partial charge in [-0.25, -0.2) is 4.98 Å². The van der Waals surface area contributed by atoms with Crippen LogP contribution in [0.4, 0.5) is 11.5 Å². The molecule has 47 heavy (non-hydrogen) atoms. The van der Waals surface area contributed by atoms with Crippen LogP contribution in [-0.4, -0.2) is 65.1 Å². The summed E-state index contributed by atoms with van der Waals surface area (Å²) in [6, 6.07) is 17.6. The molecule has 1 fully saturated rings. The quantitative estimate of drug-likeness (QED) is 0.307. The van der Waals surface area contributed by atoms with E-state index in [2.05, 4.69) is 27.9 Å². The van der Waals surface area contributed by atoms with Crippen molar-refractivity contribution in [1.29, 1.82) is 0 Å². The van der Waals surface area contributed by atoms with E-state index in [0.717, 1.165) is 34.2 Å². The number of pyridine rings is 1. The van der Waals surface area contributed by atoms with Gasteiger partial charge in [-0.05, 0) is 79.6 Å². The molecular weight excluding hydrogens is 592 g/mol. The molecule has 2 aromatic carbocycles. The molecule has 3 heterocycles. The number of piperidine rings is 1. The van der Waals surface area contributed by atoms with Gasteiger partial charge in [-0.1, -0.05) is 49.7 Å². The maximum Gasteiger partial charge on any atom is 0.244 e. The average Bonchev–Trinajstić information content (AvgIpc) is 3.58. The Labute approximate surface area is 276 Å². The van der Waals surface area contributed by atoms with Crippen molar-refractivity contribution in [3.8, 4) is 0 Å². The smallest absolute Gasteiger partial charge is 0.244 e. The van der Waals surface area contributed by atoms with Gasteiger partial charge in [-0.3, -0.25) is 19.2 Å². The van der Waals surface area contributed by atoms with Gasteiger partial charge in [0.05, 0.1) is 10.8 Å². The largest absolute Gasteiger partial charge is 0.343 e. The first-order valence-corrected chi connectivity index (χ1v) is 16.6. The second-order valence-electron chi connectivity index (χ2n) is 13.3. The molecule has 1 spiro atoms. The van der Waals surface area contributed by atoms with Gasteiger partial charge < -0.3 is 25.8 Å². The van der Waals surface area contributed by atoms with Gasteiger partial charge in [0.25, 0.3) is 0 Å². The number of carbonyl (C=O) groups is 4. The van der Waals surface area contributed by atoms with Crippen LogP contribution in [0, 0.1) is 5.41 Å². The summed E-state index contributed by atoms with van der Waals surface area (Å²) in [5.41, 5.74) is 4.38. The van der Waals surface area contributed by atoms with Crippen LogP contribution in [0.2, 0.25) is 0 Å². The molecule has 10 heteroatoms. The van der Waals surface area contributed by atoms with E-state index in [9.17, 15) is 19.2 Å². The molecule has 0 bridgehead atoms. The topological polar surface area (TPSA) is 124 Å². The summed E-state index contributed by atoms with van der Waals surface area (Å²) < 4.78 is 0. The fraction of sp³-hybridized carbons (Fsp3) is 0.432. The highest BCUT2D eigenvalue weighted by Crippen LogP contribution is 2.47. The van der Waals surface area contributed by atoms with Gasteiger partial charge in [0, 0.05) is 50.6 Å². The highest BCUT2D eigenvalue weighted by Gasteiger charge is 2.51. The minimum absolute atomic E-state index is 0.0227. The molecule has 1 atom stereocenters. The van der Waals surface area contributed by atoms with Gasteiger partial charge in [-0.2, -0.15) is 0 Å². The minimum atomic E-state index is -0.690. The van der Waals surface area contributed by atoms with E-state index in [4.69, 9.17) is 0 Å². The summed E-state index contributed by atoms with van der Waals surface area (Å²) in [5.74, 6) is 0.281. The lowest BCUT2D eigenvalue weighted by Crippen LogP contribution is -2.52. The Bertz CT molecular complexity index is 1700. The number of fused-ring (bicyclic) bond motifs is 3. The summed E-state index contributed by atoms with van der Waals surface area (Å²) in [7, 11) is 1.89. The summed E-state index contributed by atoms with van der Waals surface area (Å²) in [6.45, 7) is 5.57. The second-order valence-corrected chi connectivity index (χ2v) is 13.3. The Morgan fingerprint density at radius 3 is 2.47 bits per heavy atom. The molecule has 3 aromatic rings. The summed E-state index contributed by atoms with van der Waals surface area (Å²) >= 11 is 0. The molecule has 4 amide bonds.